The lowest BCUT2D eigenvalue weighted by molar-refractivity contribution is -0.151. The van der Waals surface area contributed by atoms with E-state index < -0.39 is 12.7 Å². The number of unbranched alkanes of at least 4 members (excludes halogenated alkanes) is 3. The van der Waals surface area contributed by atoms with Crippen LogP contribution in [0.4, 0.5) is 13.2 Å². The summed E-state index contributed by atoms with van der Waals surface area (Å²) in [7, 11) is 0. The lowest BCUT2D eigenvalue weighted by Crippen LogP contribution is -2.50. The Bertz CT molecular complexity index is 289. The number of halogens is 3. The summed E-state index contributed by atoms with van der Waals surface area (Å²) < 4.78 is 36.7. The molecule has 0 unspecified atom stereocenters. The highest BCUT2D eigenvalue weighted by Gasteiger charge is 2.32. The zero-order valence-electron chi connectivity index (χ0n) is 11.8. The van der Waals surface area contributed by atoms with Crippen LogP contribution in [0.15, 0.2) is 0 Å². The maximum absolute atomic E-state index is 12.2. The molecule has 1 heterocycles. The summed E-state index contributed by atoms with van der Waals surface area (Å²) in [5.41, 5.74) is 5.38. The third kappa shape index (κ3) is 7.09. The summed E-state index contributed by atoms with van der Waals surface area (Å²) in [5.74, 6) is 0.0596. The molecule has 0 aromatic rings. The maximum Gasteiger partial charge on any atom is 0.401 e. The van der Waals surface area contributed by atoms with Crippen LogP contribution in [0.1, 0.15) is 32.1 Å². The van der Waals surface area contributed by atoms with E-state index in [0.717, 1.165) is 25.7 Å². The van der Waals surface area contributed by atoms with Crippen molar-refractivity contribution in [3.05, 3.63) is 0 Å². The quantitative estimate of drug-likeness (QED) is 0.726. The number of hydrogen-bond donors (Lipinski definition) is 1. The Morgan fingerprint density at radius 1 is 1.00 bits per heavy atom. The van der Waals surface area contributed by atoms with Gasteiger partial charge in [0.15, 0.2) is 0 Å². The van der Waals surface area contributed by atoms with Gasteiger partial charge in [-0.3, -0.25) is 9.69 Å². The van der Waals surface area contributed by atoms with Gasteiger partial charge in [-0.05, 0) is 19.4 Å². The largest absolute Gasteiger partial charge is 0.401 e. The van der Waals surface area contributed by atoms with Crippen LogP contribution in [0, 0.1) is 0 Å². The predicted molar refractivity (Wildman–Crippen MR) is 71.2 cm³/mol. The number of hydrogen-bond acceptors (Lipinski definition) is 3. The second-order valence-electron chi connectivity index (χ2n) is 5.23. The molecule has 1 saturated heterocycles. The Kier molecular flexibility index (Phi) is 7.29. The fourth-order valence-electron chi connectivity index (χ4n) is 2.34. The summed E-state index contributed by atoms with van der Waals surface area (Å²) in [6, 6.07) is 0. The summed E-state index contributed by atoms with van der Waals surface area (Å²) in [6.07, 6.45) is 0.158. The molecule has 0 aromatic heterocycles. The van der Waals surface area contributed by atoms with Gasteiger partial charge in [0.05, 0.1) is 6.54 Å². The molecule has 0 radical (unpaired) electrons. The van der Waals surface area contributed by atoms with Gasteiger partial charge in [-0.2, -0.15) is 13.2 Å². The van der Waals surface area contributed by atoms with Crippen LogP contribution in [0.25, 0.3) is 0 Å². The number of carbonyl (C=O) groups is 1. The molecule has 1 aliphatic heterocycles. The van der Waals surface area contributed by atoms with Gasteiger partial charge >= 0.3 is 6.18 Å². The van der Waals surface area contributed by atoms with Crippen LogP contribution in [0.2, 0.25) is 0 Å². The van der Waals surface area contributed by atoms with Crippen LogP contribution in [0.5, 0.6) is 0 Å². The van der Waals surface area contributed by atoms with Crippen LogP contribution in [-0.2, 0) is 4.79 Å². The van der Waals surface area contributed by atoms with Crippen molar-refractivity contribution in [1.29, 1.82) is 0 Å². The first-order chi connectivity index (χ1) is 9.42. The van der Waals surface area contributed by atoms with Crippen molar-refractivity contribution in [3.8, 4) is 0 Å². The molecule has 118 valence electrons. The summed E-state index contributed by atoms with van der Waals surface area (Å²) in [5, 5.41) is 0. The maximum atomic E-state index is 12.2. The van der Waals surface area contributed by atoms with E-state index in [4.69, 9.17) is 5.73 Å². The zero-order chi connectivity index (χ0) is 15.0. The molecule has 1 amide bonds. The Morgan fingerprint density at radius 2 is 1.60 bits per heavy atom. The number of alkyl halides is 3. The topological polar surface area (TPSA) is 49.6 Å². The predicted octanol–water partition coefficient (Wildman–Crippen LogP) is 1.60. The molecule has 7 heteroatoms. The normalized spacial score (nSPS) is 17.5. The van der Waals surface area contributed by atoms with Crippen molar-refractivity contribution >= 4 is 5.91 Å². The zero-order valence-corrected chi connectivity index (χ0v) is 11.8. The van der Waals surface area contributed by atoms with E-state index in [0.29, 0.717) is 39.1 Å². The molecule has 0 aliphatic carbocycles. The third-order valence-corrected chi connectivity index (χ3v) is 3.47. The molecule has 1 fully saturated rings. The molecule has 20 heavy (non-hydrogen) atoms. The van der Waals surface area contributed by atoms with Crippen LogP contribution >= 0.6 is 0 Å². The number of carbonyl (C=O) groups excluding carboxylic acids is 1. The van der Waals surface area contributed by atoms with Crippen molar-refractivity contribution < 1.29 is 18.0 Å². The lowest BCUT2D eigenvalue weighted by atomic mass is 10.1. The molecule has 0 aromatic carbocycles. The lowest BCUT2D eigenvalue weighted by Gasteiger charge is -2.35. The molecule has 0 bridgehead atoms. The minimum atomic E-state index is -4.16. The summed E-state index contributed by atoms with van der Waals surface area (Å²) >= 11 is 0. The van der Waals surface area contributed by atoms with Crippen molar-refractivity contribution in [1.82, 2.24) is 9.80 Å². The average Bonchev–Trinajstić information content (AvgIpc) is 2.37. The SMILES string of the molecule is NCCCCCCC(=O)N1CCN(CC(F)(F)F)CC1. The van der Waals surface area contributed by atoms with Crippen LogP contribution < -0.4 is 5.73 Å². The van der Waals surface area contributed by atoms with Gasteiger partial charge in [0.2, 0.25) is 5.91 Å². The Balaban J connectivity index is 2.15. The minimum absolute atomic E-state index is 0.0596. The molecular weight excluding hydrogens is 271 g/mol. The van der Waals surface area contributed by atoms with Crippen LogP contribution in [-0.4, -0.2) is 61.2 Å². The van der Waals surface area contributed by atoms with Crippen molar-refractivity contribution in [2.24, 2.45) is 5.73 Å². The van der Waals surface area contributed by atoms with Gasteiger partial charge in [0.25, 0.3) is 0 Å². The monoisotopic (exact) mass is 295 g/mol. The van der Waals surface area contributed by atoms with Crippen LogP contribution in [0.3, 0.4) is 0 Å². The van der Waals surface area contributed by atoms with Gasteiger partial charge in [0, 0.05) is 32.6 Å². The number of nitrogens with zero attached hydrogens (tertiary/aromatic N) is 2. The molecule has 1 rings (SSSR count). The molecular formula is C13H24F3N3O. The number of nitrogens with two attached hydrogens (primary N) is 1. The summed E-state index contributed by atoms with van der Waals surface area (Å²) in [4.78, 5) is 14.9. The van der Waals surface area contributed by atoms with Gasteiger partial charge < -0.3 is 10.6 Å². The highest BCUT2D eigenvalue weighted by Crippen LogP contribution is 2.17. The van der Waals surface area contributed by atoms with Crippen molar-refractivity contribution in [2.75, 3.05) is 39.3 Å². The third-order valence-electron chi connectivity index (χ3n) is 3.47. The molecule has 1 aliphatic rings. The molecule has 2 N–H and O–H groups in total. The van der Waals surface area contributed by atoms with Crippen molar-refractivity contribution in [3.63, 3.8) is 0 Å². The first kappa shape index (κ1) is 17.2. The highest BCUT2D eigenvalue weighted by atomic mass is 19.4. The first-order valence-electron chi connectivity index (χ1n) is 7.19. The van der Waals surface area contributed by atoms with E-state index in [1.807, 2.05) is 0 Å². The van der Waals surface area contributed by atoms with Crippen molar-refractivity contribution in [2.45, 2.75) is 38.3 Å². The van der Waals surface area contributed by atoms with Gasteiger partial charge in [0.1, 0.15) is 0 Å². The first-order valence-corrected chi connectivity index (χ1v) is 7.19. The minimum Gasteiger partial charge on any atom is -0.340 e. The molecule has 0 atom stereocenters. The average molecular weight is 295 g/mol. The van der Waals surface area contributed by atoms with E-state index in [2.05, 4.69) is 0 Å². The molecule has 4 nitrogen and oxygen atoms in total. The fraction of sp³-hybridized carbons (Fsp3) is 0.923. The number of rotatable bonds is 7. The highest BCUT2D eigenvalue weighted by molar-refractivity contribution is 5.76. The second-order valence-corrected chi connectivity index (χ2v) is 5.23. The Hall–Kier alpha value is -0.820. The number of amides is 1. The van der Waals surface area contributed by atoms with Gasteiger partial charge in [-0.1, -0.05) is 12.8 Å². The Labute approximate surface area is 118 Å². The van der Waals surface area contributed by atoms with Gasteiger partial charge in [-0.15, -0.1) is 0 Å². The fourth-order valence-corrected chi connectivity index (χ4v) is 2.34. The molecule has 0 spiro atoms. The van der Waals surface area contributed by atoms with E-state index in [-0.39, 0.29) is 5.91 Å². The van der Waals surface area contributed by atoms with E-state index in [1.165, 1.54) is 4.90 Å². The van der Waals surface area contributed by atoms with E-state index >= 15 is 0 Å². The number of piperazine rings is 1. The standard InChI is InChI=1S/C13H24F3N3O/c14-13(15,16)11-18-7-9-19(10-8-18)12(20)5-3-1-2-4-6-17/h1-11,17H2. The Morgan fingerprint density at radius 3 is 2.15 bits per heavy atom. The van der Waals surface area contributed by atoms with E-state index in [1.54, 1.807) is 4.90 Å². The molecule has 0 saturated carbocycles. The summed E-state index contributed by atoms with van der Waals surface area (Å²) in [6.45, 7) is 1.20. The smallest absolute Gasteiger partial charge is 0.340 e. The second kappa shape index (κ2) is 8.46. The van der Waals surface area contributed by atoms with Gasteiger partial charge in [-0.25, -0.2) is 0 Å². The van der Waals surface area contributed by atoms with E-state index in [9.17, 15) is 18.0 Å².